The highest BCUT2D eigenvalue weighted by Gasteiger charge is 2.20. The molecule has 1 atom stereocenters. The fourth-order valence-corrected chi connectivity index (χ4v) is 4.18. The third-order valence-electron chi connectivity index (χ3n) is 5.74. The van der Waals surface area contributed by atoms with Crippen LogP contribution in [-0.4, -0.2) is 31.9 Å². The number of carbonyl (C=O) groups excluding carboxylic acids is 1. The summed E-state index contributed by atoms with van der Waals surface area (Å²) in [6, 6.07) is 23.0. The van der Waals surface area contributed by atoms with Crippen LogP contribution in [0.5, 0.6) is 5.75 Å². The number of benzene rings is 3. The SMILES string of the molecule is CCOC(=O)C(Cc1ccc(OCC=Cc2ccc3c(c2)Cc2ccccc2-3)cc1)OCC. The van der Waals surface area contributed by atoms with Gasteiger partial charge in [-0.05, 0) is 71.9 Å². The Labute approximate surface area is 195 Å². The van der Waals surface area contributed by atoms with Gasteiger partial charge in [-0.3, -0.25) is 0 Å². The predicted molar refractivity (Wildman–Crippen MR) is 131 cm³/mol. The molecule has 0 fully saturated rings. The van der Waals surface area contributed by atoms with E-state index in [9.17, 15) is 4.79 Å². The average molecular weight is 443 g/mol. The first-order valence-corrected chi connectivity index (χ1v) is 11.6. The molecule has 0 aliphatic heterocycles. The zero-order valence-electron chi connectivity index (χ0n) is 19.3. The molecule has 0 spiro atoms. The number of hydrogen-bond acceptors (Lipinski definition) is 4. The van der Waals surface area contributed by atoms with Gasteiger partial charge in [0.05, 0.1) is 6.61 Å². The number of carbonyl (C=O) groups is 1. The van der Waals surface area contributed by atoms with Crippen molar-refractivity contribution in [3.05, 3.63) is 95.1 Å². The lowest BCUT2D eigenvalue weighted by molar-refractivity contribution is -0.156. The van der Waals surface area contributed by atoms with E-state index in [0.717, 1.165) is 17.7 Å². The molecule has 1 unspecified atom stereocenters. The average Bonchev–Trinajstić information content (AvgIpc) is 3.20. The van der Waals surface area contributed by atoms with Crippen LogP contribution in [0.15, 0.2) is 72.8 Å². The summed E-state index contributed by atoms with van der Waals surface area (Å²) in [7, 11) is 0. The molecule has 33 heavy (non-hydrogen) atoms. The summed E-state index contributed by atoms with van der Waals surface area (Å²) in [6.45, 7) is 4.97. The van der Waals surface area contributed by atoms with E-state index in [4.69, 9.17) is 14.2 Å². The Morgan fingerprint density at radius 3 is 2.52 bits per heavy atom. The molecule has 1 aliphatic carbocycles. The van der Waals surface area contributed by atoms with E-state index in [1.165, 1.54) is 27.8 Å². The summed E-state index contributed by atoms with van der Waals surface area (Å²) in [5, 5.41) is 0. The minimum atomic E-state index is -0.579. The largest absolute Gasteiger partial charge is 0.490 e. The van der Waals surface area contributed by atoms with Crippen LogP contribution in [0.2, 0.25) is 0 Å². The van der Waals surface area contributed by atoms with Crippen molar-refractivity contribution < 1.29 is 19.0 Å². The van der Waals surface area contributed by atoms with Gasteiger partial charge in [-0.2, -0.15) is 0 Å². The van der Waals surface area contributed by atoms with Crippen LogP contribution in [0.3, 0.4) is 0 Å². The fourth-order valence-electron chi connectivity index (χ4n) is 4.18. The van der Waals surface area contributed by atoms with Gasteiger partial charge in [-0.25, -0.2) is 4.79 Å². The smallest absolute Gasteiger partial charge is 0.335 e. The summed E-state index contributed by atoms with van der Waals surface area (Å²) < 4.78 is 16.5. The topological polar surface area (TPSA) is 44.8 Å². The summed E-state index contributed by atoms with van der Waals surface area (Å²) in [5.41, 5.74) is 7.65. The summed E-state index contributed by atoms with van der Waals surface area (Å²) in [6.07, 6.45) is 5.03. The minimum Gasteiger partial charge on any atom is -0.490 e. The number of rotatable bonds is 10. The van der Waals surface area contributed by atoms with Gasteiger partial charge in [-0.1, -0.05) is 60.7 Å². The third kappa shape index (κ3) is 5.71. The van der Waals surface area contributed by atoms with Crippen molar-refractivity contribution in [2.24, 2.45) is 0 Å². The van der Waals surface area contributed by atoms with Crippen LogP contribution in [-0.2, 0) is 27.1 Å². The van der Waals surface area contributed by atoms with Crippen LogP contribution in [0.1, 0.15) is 36.1 Å². The van der Waals surface area contributed by atoms with Gasteiger partial charge in [0.25, 0.3) is 0 Å². The van der Waals surface area contributed by atoms with Gasteiger partial charge in [-0.15, -0.1) is 0 Å². The zero-order valence-corrected chi connectivity index (χ0v) is 19.3. The minimum absolute atomic E-state index is 0.319. The highest BCUT2D eigenvalue weighted by Crippen LogP contribution is 2.36. The van der Waals surface area contributed by atoms with Gasteiger partial charge in [0.15, 0.2) is 6.10 Å². The van der Waals surface area contributed by atoms with Gasteiger partial charge in [0.2, 0.25) is 0 Å². The highest BCUT2D eigenvalue weighted by molar-refractivity contribution is 5.78. The van der Waals surface area contributed by atoms with E-state index in [0.29, 0.717) is 26.2 Å². The van der Waals surface area contributed by atoms with Gasteiger partial charge < -0.3 is 14.2 Å². The van der Waals surface area contributed by atoms with Crippen LogP contribution >= 0.6 is 0 Å². The number of fused-ring (bicyclic) bond motifs is 3. The fraction of sp³-hybridized carbons (Fsp3) is 0.276. The molecule has 4 heteroatoms. The van der Waals surface area contributed by atoms with E-state index >= 15 is 0 Å². The lowest BCUT2D eigenvalue weighted by Crippen LogP contribution is -2.28. The van der Waals surface area contributed by atoms with Gasteiger partial charge in [0, 0.05) is 13.0 Å². The maximum absolute atomic E-state index is 12.0. The molecule has 0 bridgehead atoms. The standard InChI is InChI=1S/C29H30O4/c1-3-31-28(29(30)32-4-2)19-22-11-14-25(15-12-22)33-17-7-8-21-13-16-27-24(18-21)20-23-9-5-6-10-26(23)27/h5-16,18,28H,3-4,17,19-20H2,1-2H3. The second kappa shape index (κ2) is 11.0. The Bertz CT molecular complexity index is 1110. The molecule has 4 rings (SSSR count). The first-order valence-electron chi connectivity index (χ1n) is 11.6. The number of ether oxygens (including phenoxy) is 3. The predicted octanol–water partition coefficient (Wildman–Crippen LogP) is 5.86. The maximum atomic E-state index is 12.0. The van der Waals surface area contributed by atoms with E-state index in [2.05, 4.69) is 48.5 Å². The Hall–Kier alpha value is -3.37. The maximum Gasteiger partial charge on any atom is 0.335 e. The lowest BCUT2D eigenvalue weighted by Gasteiger charge is -2.15. The van der Waals surface area contributed by atoms with Crippen LogP contribution < -0.4 is 4.74 Å². The third-order valence-corrected chi connectivity index (χ3v) is 5.74. The summed E-state index contributed by atoms with van der Waals surface area (Å²) in [5.74, 6) is 0.470. The summed E-state index contributed by atoms with van der Waals surface area (Å²) >= 11 is 0. The number of esters is 1. The van der Waals surface area contributed by atoms with Crippen molar-refractivity contribution in [2.45, 2.75) is 32.8 Å². The highest BCUT2D eigenvalue weighted by atomic mass is 16.6. The molecule has 0 aromatic heterocycles. The Morgan fingerprint density at radius 1 is 0.939 bits per heavy atom. The van der Waals surface area contributed by atoms with Crippen molar-refractivity contribution >= 4 is 12.0 Å². The van der Waals surface area contributed by atoms with Crippen molar-refractivity contribution in [3.63, 3.8) is 0 Å². The van der Waals surface area contributed by atoms with Gasteiger partial charge in [0.1, 0.15) is 12.4 Å². The molecule has 0 heterocycles. The second-order valence-electron chi connectivity index (χ2n) is 8.01. The normalized spacial score (nSPS) is 12.9. The molecule has 0 saturated heterocycles. The van der Waals surface area contributed by atoms with E-state index in [1.54, 1.807) is 6.92 Å². The molecule has 3 aromatic carbocycles. The van der Waals surface area contributed by atoms with Crippen LogP contribution in [0, 0.1) is 0 Å². The first kappa shape index (κ1) is 22.8. The molecule has 170 valence electrons. The zero-order chi connectivity index (χ0) is 23.0. The van der Waals surface area contributed by atoms with E-state index in [-0.39, 0.29) is 5.97 Å². The lowest BCUT2D eigenvalue weighted by atomic mass is 10.0. The van der Waals surface area contributed by atoms with Crippen molar-refractivity contribution in [1.82, 2.24) is 0 Å². The second-order valence-corrected chi connectivity index (χ2v) is 8.01. The molecule has 4 nitrogen and oxygen atoms in total. The Kier molecular flexibility index (Phi) is 7.59. The Morgan fingerprint density at radius 2 is 1.73 bits per heavy atom. The number of hydrogen-bond donors (Lipinski definition) is 0. The van der Waals surface area contributed by atoms with E-state index in [1.807, 2.05) is 37.3 Å². The molecule has 1 aliphatic rings. The molecular formula is C29H30O4. The Balaban J connectivity index is 1.29. The summed E-state index contributed by atoms with van der Waals surface area (Å²) in [4.78, 5) is 12.0. The van der Waals surface area contributed by atoms with Crippen LogP contribution in [0.25, 0.3) is 17.2 Å². The molecule has 0 saturated carbocycles. The quantitative estimate of drug-likeness (QED) is 0.289. The van der Waals surface area contributed by atoms with Crippen molar-refractivity contribution in [1.29, 1.82) is 0 Å². The van der Waals surface area contributed by atoms with E-state index < -0.39 is 6.10 Å². The molecule has 0 radical (unpaired) electrons. The monoisotopic (exact) mass is 442 g/mol. The van der Waals surface area contributed by atoms with Crippen LogP contribution in [0.4, 0.5) is 0 Å². The van der Waals surface area contributed by atoms with Gasteiger partial charge >= 0.3 is 5.97 Å². The first-order chi connectivity index (χ1) is 16.2. The van der Waals surface area contributed by atoms with Crippen molar-refractivity contribution in [2.75, 3.05) is 19.8 Å². The molecule has 3 aromatic rings. The van der Waals surface area contributed by atoms with Crippen molar-refractivity contribution in [3.8, 4) is 16.9 Å². The molecule has 0 N–H and O–H groups in total. The molecular weight excluding hydrogens is 412 g/mol. The molecule has 0 amide bonds.